The van der Waals surface area contributed by atoms with Crippen LogP contribution in [0.4, 0.5) is 5.00 Å². The SMILES string of the molecule is CC1=NNC2C(Cc3ncco3)N=C(c3ccc(Cl)cc3)c3c(sc(C)c3C)N12. The fourth-order valence-corrected chi connectivity index (χ4v) is 5.25. The van der Waals surface area contributed by atoms with E-state index in [1.165, 1.54) is 15.4 Å². The standard InChI is InChI=1S/C21H20ClN5OS/c1-11-12(2)29-21-18(11)19(14-4-6-15(22)7-5-14)24-16(10-17-23-8-9-28-17)20-26-25-13(3)27(20)21/h4-9,16,20,26H,10H2,1-3H3. The molecule has 0 amide bonds. The molecular weight excluding hydrogens is 406 g/mol. The maximum absolute atomic E-state index is 6.15. The fourth-order valence-electron chi connectivity index (χ4n) is 3.88. The molecular formula is C21H20ClN5OS. The summed E-state index contributed by atoms with van der Waals surface area (Å²) in [5.74, 6) is 1.60. The zero-order chi connectivity index (χ0) is 20.1. The molecule has 2 atom stereocenters. The molecule has 0 saturated heterocycles. The van der Waals surface area contributed by atoms with Crippen LogP contribution < -0.4 is 10.3 Å². The molecule has 5 rings (SSSR count). The van der Waals surface area contributed by atoms with Crippen molar-refractivity contribution in [3.05, 3.63) is 69.2 Å². The minimum Gasteiger partial charge on any atom is -0.449 e. The van der Waals surface area contributed by atoms with Crippen LogP contribution in [0.3, 0.4) is 0 Å². The maximum Gasteiger partial charge on any atom is 0.196 e. The lowest BCUT2D eigenvalue weighted by Gasteiger charge is -2.27. The molecule has 2 aliphatic heterocycles. The molecule has 2 unspecified atom stereocenters. The molecule has 0 saturated carbocycles. The first-order valence-corrected chi connectivity index (χ1v) is 10.6. The van der Waals surface area contributed by atoms with Crippen molar-refractivity contribution in [3.8, 4) is 0 Å². The Bertz CT molecular complexity index is 1120. The van der Waals surface area contributed by atoms with Gasteiger partial charge in [-0.3, -0.25) is 15.3 Å². The number of hydrazone groups is 1. The quantitative estimate of drug-likeness (QED) is 0.669. The molecule has 4 heterocycles. The smallest absolute Gasteiger partial charge is 0.196 e. The monoisotopic (exact) mass is 425 g/mol. The van der Waals surface area contributed by atoms with E-state index < -0.39 is 0 Å². The molecule has 3 aromatic rings. The second kappa shape index (κ2) is 7.00. The number of nitrogens with one attached hydrogen (secondary N) is 1. The third kappa shape index (κ3) is 3.05. The number of halogens is 1. The predicted octanol–water partition coefficient (Wildman–Crippen LogP) is 4.54. The lowest BCUT2D eigenvalue weighted by molar-refractivity contribution is 0.419. The summed E-state index contributed by atoms with van der Waals surface area (Å²) in [6.07, 6.45) is 3.75. The van der Waals surface area contributed by atoms with Gasteiger partial charge in [-0.1, -0.05) is 23.7 Å². The third-order valence-electron chi connectivity index (χ3n) is 5.45. The van der Waals surface area contributed by atoms with E-state index in [1.807, 2.05) is 31.2 Å². The van der Waals surface area contributed by atoms with Crippen LogP contribution in [0.25, 0.3) is 0 Å². The first-order chi connectivity index (χ1) is 14.0. The molecule has 0 fully saturated rings. The average Bonchev–Trinajstić information content (AvgIpc) is 3.39. The largest absolute Gasteiger partial charge is 0.449 e. The Balaban J connectivity index is 1.72. The number of aryl methyl sites for hydroxylation is 1. The summed E-state index contributed by atoms with van der Waals surface area (Å²) in [5, 5.41) is 6.39. The molecule has 6 nitrogen and oxygen atoms in total. The predicted molar refractivity (Wildman–Crippen MR) is 117 cm³/mol. The molecule has 1 N–H and O–H groups in total. The van der Waals surface area contributed by atoms with Crippen LogP contribution in [0.1, 0.15) is 34.4 Å². The lowest BCUT2D eigenvalue weighted by Crippen LogP contribution is -2.47. The fraction of sp³-hybridized carbons (Fsp3) is 0.286. The highest BCUT2D eigenvalue weighted by molar-refractivity contribution is 7.17. The topological polar surface area (TPSA) is 66.0 Å². The van der Waals surface area contributed by atoms with Gasteiger partial charge in [-0.15, -0.1) is 11.3 Å². The zero-order valence-corrected chi connectivity index (χ0v) is 17.9. The Morgan fingerprint density at radius 3 is 2.72 bits per heavy atom. The summed E-state index contributed by atoms with van der Waals surface area (Å²) >= 11 is 7.93. The second-order valence-corrected chi connectivity index (χ2v) is 8.89. The maximum atomic E-state index is 6.15. The van der Waals surface area contributed by atoms with Crippen LogP contribution in [-0.4, -0.2) is 28.7 Å². The number of amidine groups is 1. The van der Waals surface area contributed by atoms with Crippen LogP contribution in [0.5, 0.6) is 0 Å². The molecule has 0 spiro atoms. The number of anilines is 1. The highest BCUT2D eigenvalue weighted by Gasteiger charge is 2.40. The van der Waals surface area contributed by atoms with Crippen molar-refractivity contribution in [3.63, 3.8) is 0 Å². The van der Waals surface area contributed by atoms with Gasteiger partial charge in [0.2, 0.25) is 0 Å². The molecule has 0 radical (unpaired) electrons. The van der Waals surface area contributed by atoms with Crippen molar-refractivity contribution in [1.82, 2.24) is 10.4 Å². The van der Waals surface area contributed by atoms with Gasteiger partial charge >= 0.3 is 0 Å². The molecule has 2 aliphatic rings. The number of nitrogens with zero attached hydrogens (tertiary/aromatic N) is 4. The van der Waals surface area contributed by atoms with Gasteiger partial charge in [-0.2, -0.15) is 5.10 Å². The first-order valence-electron chi connectivity index (χ1n) is 9.44. The van der Waals surface area contributed by atoms with Crippen molar-refractivity contribution >= 4 is 39.5 Å². The number of hydrogen-bond acceptors (Lipinski definition) is 7. The molecule has 148 valence electrons. The minimum atomic E-state index is -0.125. The molecule has 29 heavy (non-hydrogen) atoms. The Morgan fingerprint density at radius 1 is 1.21 bits per heavy atom. The van der Waals surface area contributed by atoms with E-state index in [4.69, 9.17) is 21.0 Å². The lowest BCUT2D eigenvalue weighted by atomic mass is 9.99. The summed E-state index contributed by atoms with van der Waals surface area (Å²) in [4.78, 5) is 13.1. The number of benzene rings is 1. The van der Waals surface area contributed by atoms with Gasteiger partial charge < -0.3 is 4.42 Å². The number of hydrogen-bond donors (Lipinski definition) is 1. The highest BCUT2D eigenvalue weighted by Crippen LogP contribution is 2.42. The minimum absolute atomic E-state index is 0.0945. The Hall–Kier alpha value is -2.64. The van der Waals surface area contributed by atoms with E-state index >= 15 is 0 Å². The molecule has 2 aromatic heterocycles. The van der Waals surface area contributed by atoms with Gasteiger partial charge in [-0.25, -0.2) is 4.98 Å². The molecule has 1 aromatic carbocycles. The van der Waals surface area contributed by atoms with Crippen LogP contribution in [0.15, 0.2) is 51.2 Å². The number of rotatable bonds is 3. The van der Waals surface area contributed by atoms with Crippen molar-refractivity contribution < 1.29 is 4.42 Å². The van der Waals surface area contributed by atoms with Gasteiger partial charge in [0, 0.05) is 21.0 Å². The van der Waals surface area contributed by atoms with E-state index in [-0.39, 0.29) is 12.2 Å². The van der Waals surface area contributed by atoms with E-state index in [0.717, 1.165) is 22.7 Å². The second-order valence-electron chi connectivity index (χ2n) is 7.25. The molecule has 0 aliphatic carbocycles. The van der Waals surface area contributed by atoms with E-state index in [1.54, 1.807) is 23.8 Å². The number of aliphatic imine (C=N–C) groups is 1. The first kappa shape index (κ1) is 18.4. The van der Waals surface area contributed by atoms with Crippen molar-refractivity contribution in [2.75, 3.05) is 4.90 Å². The zero-order valence-electron chi connectivity index (χ0n) is 16.3. The van der Waals surface area contributed by atoms with Crippen LogP contribution in [-0.2, 0) is 6.42 Å². The number of fused-ring (bicyclic) bond motifs is 3. The van der Waals surface area contributed by atoms with Gasteiger partial charge in [0.05, 0.1) is 24.4 Å². The summed E-state index contributed by atoms with van der Waals surface area (Å²) in [7, 11) is 0. The van der Waals surface area contributed by atoms with Gasteiger partial charge in [0.15, 0.2) is 5.89 Å². The van der Waals surface area contributed by atoms with Crippen molar-refractivity contribution in [2.45, 2.75) is 39.4 Å². The van der Waals surface area contributed by atoms with Gasteiger partial charge in [0.25, 0.3) is 0 Å². The Morgan fingerprint density at radius 2 is 2.00 bits per heavy atom. The van der Waals surface area contributed by atoms with Crippen LogP contribution in [0.2, 0.25) is 5.02 Å². The average molecular weight is 426 g/mol. The van der Waals surface area contributed by atoms with Crippen LogP contribution >= 0.6 is 22.9 Å². The van der Waals surface area contributed by atoms with E-state index in [2.05, 4.69) is 34.3 Å². The van der Waals surface area contributed by atoms with E-state index in [0.29, 0.717) is 17.3 Å². The number of oxazole rings is 1. The number of aromatic nitrogens is 1. The summed E-state index contributed by atoms with van der Waals surface area (Å²) in [5.41, 5.74) is 7.71. The van der Waals surface area contributed by atoms with Crippen molar-refractivity contribution in [2.24, 2.45) is 10.1 Å². The third-order valence-corrected chi connectivity index (χ3v) is 6.91. The van der Waals surface area contributed by atoms with Crippen LogP contribution in [0, 0.1) is 13.8 Å². The van der Waals surface area contributed by atoms with Crippen molar-refractivity contribution in [1.29, 1.82) is 0 Å². The Labute approximate surface area is 177 Å². The molecule has 8 heteroatoms. The summed E-state index contributed by atoms with van der Waals surface area (Å²) < 4.78 is 5.53. The Kier molecular flexibility index (Phi) is 4.44. The highest BCUT2D eigenvalue weighted by atomic mass is 35.5. The summed E-state index contributed by atoms with van der Waals surface area (Å²) in [6, 6.07) is 7.76. The van der Waals surface area contributed by atoms with Gasteiger partial charge in [-0.05, 0) is 38.5 Å². The number of thiophene rings is 1. The van der Waals surface area contributed by atoms with Gasteiger partial charge in [0.1, 0.15) is 23.3 Å². The normalized spacial score (nSPS) is 20.5. The van der Waals surface area contributed by atoms with E-state index in [9.17, 15) is 0 Å². The summed E-state index contributed by atoms with van der Waals surface area (Å²) in [6.45, 7) is 6.34. The molecule has 0 bridgehead atoms.